The van der Waals surface area contributed by atoms with Crippen LogP contribution in [0.5, 0.6) is 0 Å². The van der Waals surface area contributed by atoms with Crippen LogP contribution in [-0.4, -0.2) is 37.3 Å². The van der Waals surface area contributed by atoms with E-state index in [4.69, 9.17) is 21.3 Å². The molecule has 112 valence electrons. The zero-order valence-corrected chi connectivity index (χ0v) is 11.5. The van der Waals surface area contributed by atoms with Crippen LogP contribution in [0.3, 0.4) is 0 Å². The normalized spacial score (nSPS) is 11.4. The van der Waals surface area contributed by atoms with E-state index in [9.17, 15) is 22.0 Å². The van der Waals surface area contributed by atoms with Gasteiger partial charge in [-0.3, -0.25) is 8.94 Å². The maximum atomic E-state index is 13.3. The molecule has 1 aromatic carbocycles. The number of hydrogen-bond donors (Lipinski definition) is 2. The molecule has 20 heavy (non-hydrogen) atoms. The predicted molar refractivity (Wildman–Crippen MR) is 67.9 cm³/mol. The van der Waals surface area contributed by atoms with E-state index in [-0.39, 0.29) is 6.42 Å². The third-order valence-corrected chi connectivity index (χ3v) is 3.65. The van der Waals surface area contributed by atoms with Gasteiger partial charge < -0.3 is 5.11 Å². The topological polar surface area (TPSA) is 94.9 Å². The minimum absolute atomic E-state index is 0.254. The molecule has 0 radical (unpaired) electrons. The quantitative estimate of drug-likeness (QED) is 0.780. The molecule has 0 saturated heterocycles. The number of halogens is 3. The van der Waals surface area contributed by atoms with E-state index in [0.717, 1.165) is 6.07 Å². The second-order valence-electron chi connectivity index (χ2n) is 3.65. The first kappa shape index (κ1) is 16.6. The van der Waals surface area contributed by atoms with Gasteiger partial charge in [-0.1, -0.05) is 11.6 Å². The van der Waals surface area contributed by atoms with Gasteiger partial charge in [-0.05, 0) is 18.6 Å². The van der Waals surface area contributed by atoms with Gasteiger partial charge in [-0.15, -0.1) is 0 Å². The van der Waals surface area contributed by atoms with Gasteiger partial charge in [-0.25, -0.2) is 13.5 Å². The SMILES string of the molecule is O=C(O)c1c(F)ccc(N(CCCF)S(=O)(=O)O)c1Cl. The lowest BCUT2D eigenvalue weighted by Gasteiger charge is -2.22. The molecule has 0 aromatic heterocycles. The minimum Gasteiger partial charge on any atom is -0.478 e. The number of aromatic carboxylic acids is 1. The summed E-state index contributed by atoms with van der Waals surface area (Å²) in [7, 11) is -4.80. The first-order valence-corrected chi connectivity index (χ1v) is 7.00. The van der Waals surface area contributed by atoms with Crippen LogP contribution in [0.4, 0.5) is 14.5 Å². The fourth-order valence-electron chi connectivity index (χ4n) is 1.49. The number of carboxylic acids is 1. The molecule has 0 fully saturated rings. The van der Waals surface area contributed by atoms with E-state index in [1.807, 2.05) is 0 Å². The van der Waals surface area contributed by atoms with Gasteiger partial charge >= 0.3 is 16.3 Å². The lowest BCUT2D eigenvalue weighted by atomic mass is 10.2. The number of anilines is 1. The van der Waals surface area contributed by atoms with Gasteiger partial charge in [0.05, 0.1) is 17.4 Å². The van der Waals surface area contributed by atoms with E-state index in [0.29, 0.717) is 10.4 Å². The molecular weight excluding hydrogens is 320 g/mol. The van der Waals surface area contributed by atoms with Gasteiger partial charge in [0.1, 0.15) is 11.4 Å². The predicted octanol–water partition coefficient (Wildman–Crippen LogP) is 2.15. The highest BCUT2D eigenvalue weighted by Gasteiger charge is 2.26. The molecule has 2 N–H and O–H groups in total. The summed E-state index contributed by atoms with van der Waals surface area (Å²) >= 11 is 5.66. The van der Waals surface area contributed by atoms with Crippen LogP contribution in [-0.2, 0) is 10.3 Å². The monoisotopic (exact) mass is 329 g/mol. The molecule has 0 aliphatic heterocycles. The summed E-state index contributed by atoms with van der Waals surface area (Å²) in [6.45, 7) is -1.34. The fraction of sp³-hybridized carbons (Fsp3) is 0.300. The Balaban J connectivity index is 3.42. The van der Waals surface area contributed by atoms with Gasteiger partial charge in [0.25, 0.3) is 0 Å². The van der Waals surface area contributed by atoms with Gasteiger partial charge in [0, 0.05) is 6.54 Å². The van der Waals surface area contributed by atoms with Gasteiger partial charge in [0.15, 0.2) is 0 Å². The first-order chi connectivity index (χ1) is 9.20. The van der Waals surface area contributed by atoms with E-state index >= 15 is 0 Å². The summed E-state index contributed by atoms with van der Waals surface area (Å²) in [5.41, 5.74) is -1.38. The van der Waals surface area contributed by atoms with E-state index < -0.39 is 51.6 Å². The molecule has 0 amide bonds. The van der Waals surface area contributed by atoms with Crippen molar-refractivity contribution in [2.75, 3.05) is 17.5 Å². The summed E-state index contributed by atoms with van der Waals surface area (Å²) in [6.07, 6.45) is -0.254. The van der Waals surface area contributed by atoms with Crippen molar-refractivity contribution >= 4 is 33.6 Å². The zero-order chi connectivity index (χ0) is 15.5. The van der Waals surface area contributed by atoms with E-state index in [2.05, 4.69) is 0 Å². The smallest absolute Gasteiger partial charge is 0.360 e. The molecule has 0 saturated carbocycles. The maximum absolute atomic E-state index is 13.3. The molecule has 0 bridgehead atoms. The van der Waals surface area contributed by atoms with Crippen LogP contribution in [0.15, 0.2) is 12.1 Å². The summed E-state index contributed by atoms with van der Waals surface area (Å²) < 4.78 is 57.3. The number of nitrogens with zero attached hydrogens (tertiary/aromatic N) is 1. The lowest BCUT2D eigenvalue weighted by molar-refractivity contribution is 0.0692. The van der Waals surface area contributed by atoms with Crippen molar-refractivity contribution < 1.29 is 31.7 Å². The summed E-state index contributed by atoms with van der Waals surface area (Å²) in [5, 5.41) is 8.12. The Morgan fingerprint density at radius 1 is 1.40 bits per heavy atom. The first-order valence-electron chi connectivity index (χ1n) is 5.22. The van der Waals surface area contributed by atoms with Crippen LogP contribution < -0.4 is 4.31 Å². The molecule has 0 atom stereocenters. The summed E-state index contributed by atoms with van der Waals surface area (Å²) in [5.74, 6) is -2.86. The van der Waals surface area contributed by atoms with Crippen molar-refractivity contribution in [3.63, 3.8) is 0 Å². The highest BCUT2D eigenvalue weighted by atomic mass is 35.5. The molecule has 0 aliphatic rings. The number of alkyl halides is 1. The Kier molecular flexibility index (Phi) is 5.26. The molecule has 10 heteroatoms. The van der Waals surface area contributed by atoms with Crippen LogP contribution in [0.2, 0.25) is 5.02 Å². The third kappa shape index (κ3) is 3.56. The second kappa shape index (κ2) is 6.33. The van der Waals surface area contributed by atoms with Crippen LogP contribution in [0, 0.1) is 5.82 Å². The molecule has 0 aliphatic carbocycles. The van der Waals surface area contributed by atoms with Gasteiger partial charge in [0.2, 0.25) is 0 Å². The van der Waals surface area contributed by atoms with Crippen molar-refractivity contribution in [1.82, 2.24) is 0 Å². The zero-order valence-electron chi connectivity index (χ0n) is 9.88. The highest BCUT2D eigenvalue weighted by molar-refractivity contribution is 7.87. The number of benzene rings is 1. The fourth-order valence-corrected chi connectivity index (χ4v) is 2.64. The number of carbonyl (C=O) groups is 1. The molecule has 0 spiro atoms. The highest BCUT2D eigenvalue weighted by Crippen LogP contribution is 2.32. The maximum Gasteiger partial charge on any atom is 0.360 e. The van der Waals surface area contributed by atoms with Crippen molar-refractivity contribution in [2.24, 2.45) is 0 Å². The average molecular weight is 330 g/mol. The summed E-state index contributed by atoms with van der Waals surface area (Å²) in [4.78, 5) is 10.9. The van der Waals surface area contributed by atoms with Crippen molar-refractivity contribution in [2.45, 2.75) is 6.42 Å². The Hall–Kier alpha value is -1.45. The molecule has 6 nitrogen and oxygen atoms in total. The lowest BCUT2D eigenvalue weighted by Crippen LogP contribution is -2.32. The Morgan fingerprint density at radius 3 is 2.45 bits per heavy atom. The molecule has 0 unspecified atom stereocenters. The molecule has 0 heterocycles. The molecular formula is C10H10ClF2NO5S. The van der Waals surface area contributed by atoms with E-state index in [1.54, 1.807) is 0 Å². The molecule has 1 aromatic rings. The summed E-state index contributed by atoms with van der Waals surface area (Å²) in [6, 6.07) is 1.58. The standard InChI is InChI=1S/C10H10ClF2NO5S/c11-9-7(3-2-6(13)8(9)10(15)16)14(5-1-4-12)20(17,18)19/h2-3H,1,4-5H2,(H,15,16)(H,17,18,19). The largest absolute Gasteiger partial charge is 0.478 e. The Bertz CT molecular complexity index is 622. The average Bonchev–Trinajstić information content (AvgIpc) is 2.30. The van der Waals surface area contributed by atoms with Crippen molar-refractivity contribution in [3.05, 3.63) is 28.5 Å². The third-order valence-electron chi connectivity index (χ3n) is 2.33. The molecule has 1 rings (SSSR count). The van der Waals surface area contributed by atoms with Crippen molar-refractivity contribution in [3.8, 4) is 0 Å². The second-order valence-corrected chi connectivity index (χ2v) is 5.37. The van der Waals surface area contributed by atoms with Crippen LogP contribution in [0.1, 0.15) is 16.8 Å². The Labute approximate surface area is 118 Å². The minimum atomic E-state index is -4.80. The van der Waals surface area contributed by atoms with Gasteiger partial charge in [-0.2, -0.15) is 8.42 Å². The van der Waals surface area contributed by atoms with Crippen molar-refractivity contribution in [1.29, 1.82) is 0 Å². The van der Waals surface area contributed by atoms with E-state index in [1.165, 1.54) is 0 Å². The van der Waals surface area contributed by atoms with Crippen LogP contribution >= 0.6 is 11.6 Å². The number of rotatable bonds is 6. The number of hydrogen-bond acceptors (Lipinski definition) is 3. The Morgan fingerprint density at radius 2 is 2.00 bits per heavy atom. The van der Waals surface area contributed by atoms with Crippen LogP contribution in [0.25, 0.3) is 0 Å². The number of carboxylic acid groups (broad SMARTS) is 1.